The predicted molar refractivity (Wildman–Crippen MR) is 124 cm³/mol. The molecule has 4 aromatic rings. The van der Waals surface area contributed by atoms with Crippen LogP contribution in [-0.2, 0) is 16.0 Å². The van der Waals surface area contributed by atoms with Crippen LogP contribution in [0.2, 0.25) is 5.02 Å². The average molecular weight is 446 g/mol. The number of aromatic nitrogens is 3. The highest BCUT2D eigenvalue weighted by molar-refractivity contribution is 6.30. The first kappa shape index (κ1) is 21.3. The van der Waals surface area contributed by atoms with Crippen LogP contribution in [0, 0.1) is 0 Å². The Labute approximate surface area is 190 Å². The standard InChI is InChI=1S/C24H20ClN5O2/c25-19-10-8-17(9-11-19)24-18(16-30(29-24)21-6-2-1-3-7-21)13-22(31)27-15-23(32)28-20-5-4-12-26-14-20/h1-12,14,16H,13,15H2,(H,27,31)(H,28,32). The van der Waals surface area contributed by atoms with E-state index in [2.05, 4.69) is 15.6 Å². The molecule has 0 bridgehead atoms. The van der Waals surface area contributed by atoms with Crippen LogP contribution >= 0.6 is 11.6 Å². The predicted octanol–water partition coefficient (Wildman–Crippen LogP) is 3.89. The van der Waals surface area contributed by atoms with Gasteiger partial charge in [-0.05, 0) is 36.4 Å². The first-order chi connectivity index (χ1) is 15.6. The molecule has 0 fully saturated rings. The summed E-state index contributed by atoms with van der Waals surface area (Å²) in [5.74, 6) is -0.613. The van der Waals surface area contributed by atoms with E-state index in [4.69, 9.17) is 16.7 Å². The van der Waals surface area contributed by atoms with Gasteiger partial charge in [-0.2, -0.15) is 5.10 Å². The van der Waals surface area contributed by atoms with Gasteiger partial charge < -0.3 is 10.6 Å². The molecule has 0 saturated carbocycles. The third-order valence-corrected chi connectivity index (χ3v) is 4.92. The number of rotatable bonds is 7. The molecule has 2 aromatic carbocycles. The molecule has 0 aliphatic rings. The van der Waals surface area contributed by atoms with Gasteiger partial charge in [-0.1, -0.05) is 41.9 Å². The minimum atomic E-state index is -0.329. The second kappa shape index (κ2) is 9.89. The third-order valence-electron chi connectivity index (χ3n) is 4.67. The van der Waals surface area contributed by atoms with E-state index in [0.717, 1.165) is 16.8 Å². The van der Waals surface area contributed by atoms with Crippen molar-refractivity contribution in [2.45, 2.75) is 6.42 Å². The van der Waals surface area contributed by atoms with Gasteiger partial charge in [-0.25, -0.2) is 4.68 Å². The molecule has 8 heteroatoms. The Morgan fingerprint density at radius 1 is 0.938 bits per heavy atom. The lowest BCUT2D eigenvalue weighted by Crippen LogP contribution is -2.33. The van der Waals surface area contributed by atoms with Crippen LogP contribution < -0.4 is 10.6 Å². The van der Waals surface area contributed by atoms with Crippen molar-refractivity contribution in [2.24, 2.45) is 0 Å². The number of pyridine rings is 1. The maximum absolute atomic E-state index is 12.6. The lowest BCUT2D eigenvalue weighted by molar-refractivity contribution is -0.123. The molecule has 2 heterocycles. The van der Waals surface area contributed by atoms with Crippen molar-refractivity contribution in [3.05, 3.63) is 95.9 Å². The van der Waals surface area contributed by atoms with E-state index < -0.39 is 0 Å². The summed E-state index contributed by atoms with van der Waals surface area (Å²) in [5.41, 5.74) is 3.72. The lowest BCUT2D eigenvalue weighted by atomic mass is 10.1. The van der Waals surface area contributed by atoms with Gasteiger partial charge >= 0.3 is 0 Å². The number of halogens is 1. The molecule has 0 spiro atoms. The van der Waals surface area contributed by atoms with Gasteiger partial charge in [0.15, 0.2) is 0 Å². The topological polar surface area (TPSA) is 88.9 Å². The zero-order valence-electron chi connectivity index (χ0n) is 17.0. The summed E-state index contributed by atoms with van der Waals surface area (Å²) in [5, 5.41) is 10.7. The van der Waals surface area contributed by atoms with E-state index in [1.165, 1.54) is 6.20 Å². The van der Waals surface area contributed by atoms with Gasteiger partial charge in [0.05, 0.1) is 36.2 Å². The quantitative estimate of drug-likeness (QED) is 0.451. The maximum atomic E-state index is 12.6. The highest BCUT2D eigenvalue weighted by atomic mass is 35.5. The first-order valence-electron chi connectivity index (χ1n) is 9.95. The van der Waals surface area contributed by atoms with Crippen LogP contribution in [0.4, 0.5) is 5.69 Å². The molecule has 0 radical (unpaired) electrons. The number of amides is 2. The molecule has 0 unspecified atom stereocenters. The number of benzene rings is 2. The monoisotopic (exact) mass is 445 g/mol. The summed E-state index contributed by atoms with van der Waals surface area (Å²) in [6, 6.07) is 20.4. The fourth-order valence-electron chi connectivity index (χ4n) is 3.16. The minimum absolute atomic E-state index is 0.0744. The van der Waals surface area contributed by atoms with Crippen LogP contribution in [0.3, 0.4) is 0 Å². The summed E-state index contributed by atoms with van der Waals surface area (Å²) in [7, 11) is 0. The van der Waals surface area contributed by atoms with Gasteiger partial charge in [0.2, 0.25) is 11.8 Å². The highest BCUT2D eigenvalue weighted by Crippen LogP contribution is 2.25. The molecule has 2 amide bonds. The SMILES string of the molecule is O=C(Cc1cn(-c2ccccc2)nc1-c1ccc(Cl)cc1)NCC(=O)Nc1cccnc1. The van der Waals surface area contributed by atoms with Crippen LogP contribution in [0.15, 0.2) is 85.3 Å². The number of carbonyl (C=O) groups is 2. The molecule has 0 atom stereocenters. The van der Waals surface area contributed by atoms with Gasteiger partial charge in [0.1, 0.15) is 0 Å². The van der Waals surface area contributed by atoms with Crippen LogP contribution in [0.5, 0.6) is 0 Å². The molecular weight excluding hydrogens is 426 g/mol. The number of carbonyl (C=O) groups excluding carboxylic acids is 2. The number of hydrogen-bond acceptors (Lipinski definition) is 4. The van der Waals surface area contributed by atoms with Crippen LogP contribution in [-0.4, -0.2) is 33.1 Å². The van der Waals surface area contributed by atoms with Crippen LogP contribution in [0.25, 0.3) is 16.9 Å². The number of nitrogens with one attached hydrogen (secondary N) is 2. The number of hydrogen-bond donors (Lipinski definition) is 2. The lowest BCUT2D eigenvalue weighted by Gasteiger charge is -2.07. The number of anilines is 1. The molecule has 0 aliphatic carbocycles. The zero-order chi connectivity index (χ0) is 22.3. The van der Waals surface area contributed by atoms with E-state index in [9.17, 15) is 9.59 Å². The molecule has 2 aromatic heterocycles. The van der Waals surface area contributed by atoms with Crippen molar-refractivity contribution in [3.63, 3.8) is 0 Å². The van der Waals surface area contributed by atoms with Gasteiger partial charge in [-0.3, -0.25) is 14.6 Å². The average Bonchev–Trinajstić information content (AvgIpc) is 3.23. The van der Waals surface area contributed by atoms with Crippen molar-refractivity contribution < 1.29 is 9.59 Å². The van der Waals surface area contributed by atoms with E-state index in [-0.39, 0.29) is 24.8 Å². The minimum Gasteiger partial charge on any atom is -0.347 e. The Morgan fingerprint density at radius 3 is 2.44 bits per heavy atom. The molecule has 2 N–H and O–H groups in total. The van der Waals surface area contributed by atoms with Crippen molar-refractivity contribution in [3.8, 4) is 16.9 Å². The molecule has 160 valence electrons. The van der Waals surface area contributed by atoms with Gasteiger partial charge in [0.25, 0.3) is 0 Å². The van der Waals surface area contributed by atoms with Gasteiger partial charge in [-0.15, -0.1) is 0 Å². The normalized spacial score (nSPS) is 10.5. The number of nitrogens with zero attached hydrogens (tertiary/aromatic N) is 3. The summed E-state index contributed by atoms with van der Waals surface area (Å²) in [4.78, 5) is 28.6. The Balaban J connectivity index is 1.49. The Bertz CT molecular complexity index is 1210. The van der Waals surface area contributed by atoms with Crippen molar-refractivity contribution in [1.82, 2.24) is 20.1 Å². The third kappa shape index (κ3) is 5.39. The molecule has 32 heavy (non-hydrogen) atoms. The maximum Gasteiger partial charge on any atom is 0.243 e. The van der Waals surface area contributed by atoms with Crippen LogP contribution in [0.1, 0.15) is 5.56 Å². The first-order valence-corrected chi connectivity index (χ1v) is 10.3. The van der Waals surface area contributed by atoms with E-state index in [1.54, 1.807) is 35.1 Å². The van der Waals surface area contributed by atoms with Crippen molar-refractivity contribution >= 4 is 29.1 Å². The summed E-state index contributed by atoms with van der Waals surface area (Å²) < 4.78 is 1.74. The molecule has 7 nitrogen and oxygen atoms in total. The molecular formula is C24H20ClN5O2. The fraction of sp³-hybridized carbons (Fsp3) is 0.0833. The second-order valence-electron chi connectivity index (χ2n) is 7.03. The highest BCUT2D eigenvalue weighted by Gasteiger charge is 2.16. The molecule has 0 aliphatic heterocycles. The van der Waals surface area contributed by atoms with Gasteiger partial charge in [0, 0.05) is 28.5 Å². The summed E-state index contributed by atoms with van der Waals surface area (Å²) in [6.45, 7) is -0.142. The summed E-state index contributed by atoms with van der Waals surface area (Å²) in [6.07, 6.45) is 5.06. The number of para-hydroxylation sites is 1. The Morgan fingerprint density at radius 2 is 1.72 bits per heavy atom. The van der Waals surface area contributed by atoms with Crippen molar-refractivity contribution in [1.29, 1.82) is 0 Å². The Hall–Kier alpha value is -3.97. The second-order valence-corrected chi connectivity index (χ2v) is 7.47. The molecule has 0 saturated heterocycles. The largest absolute Gasteiger partial charge is 0.347 e. The fourth-order valence-corrected chi connectivity index (χ4v) is 3.29. The molecule has 4 rings (SSSR count). The van der Waals surface area contributed by atoms with E-state index in [1.807, 2.05) is 48.7 Å². The van der Waals surface area contributed by atoms with E-state index >= 15 is 0 Å². The van der Waals surface area contributed by atoms with Crippen molar-refractivity contribution in [2.75, 3.05) is 11.9 Å². The smallest absolute Gasteiger partial charge is 0.243 e. The zero-order valence-corrected chi connectivity index (χ0v) is 17.8. The Kier molecular flexibility index (Phi) is 6.57. The summed E-state index contributed by atoms with van der Waals surface area (Å²) >= 11 is 6.02. The van der Waals surface area contributed by atoms with E-state index in [0.29, 0.717) is 16.4 Å².